The average molecular weight is 311 g/mol. The van der Waals surface area contributed by atoms with Crippen molar-refractivity contribution in [3.05, 3.63) is 0 Å². The van der Waals surface area contributed by atoms with Crippen LogP contribution in [-0.2, 0) is 9.59 Å². The van der Waals surface area contributed by atoms with Gasteiger partial charge in [0.2, 0.25) is 11.8 Å². The molecule has 2 amide bonds. The second-order valence-electron chi connectivity index (χ2n) is 6.51. The van der Waals surface area contributed by atoms with E-state index >= 15 is 0 Å². The van der Waals surface area contributed by atoms with Gasteiger partial charge >= 0.3 is 0 Å². The lowest BCUT2D eigenvalue weighted by Crippen LogP contribution is -2.40. The van der Waals surface area contributed by atoms with Gasteiger partial charge in [0.1, 0.15) is 0 Å². The highest BCUT2D eigenvalue weighted by Crippen LogP contribution is 2.30. The Kier molecular flexibility index (Phi) is 8.46. The molecule has 0 spiro atoms. The van der Waals surface area contributed by atoms with Crippen molar-refractivity contribution in [2.45, 2.75) is 46.0 Å². The molecule has 1 fully saturated rings. The van der Waals surface area contributed by atoms with Crippen LogP contribution in [0.4, 0.5) is 0 Å². The first-order valence-corrected chi connectivity index (χ1v) is 8.70. The molecule has 0 atom stereocenters. The molecule has 1 saturated carbocycles. The van der Waals surface area contributed by atoms with Crippen LogP contribution < -0.4 is 5.32 Å². The molecule has 1 rings (SSSR count). The van der Waals surface area contributed by atoms with E-state index in [4.69, 9.17) is 0 Å². The lowest BCUT2D eigenvalue weighted by molar-refractivity contribution is -0.138. The molecule has 0 aromatic carbocycles. The number of nitrogens with zero attached hydrogens (tertiary/aromatic N) is 2. The summed E-state index contributed by atoms with van der Waals surface area (Å²) in [5.41, 5.74) is 0. The molecule has 0 aromatic rings. The van der Waals surface area contributed by atoms with Gasteiger partial charge in [0.15, 0.2) is 0 Å². The Morgan fingerprint density at radius 1 is 1.00 bits per heavy atom. The summed E-state index contributed by atoms with van der Waals surface area (Å²) >= 11 is 0. The molecule has 0 unspecified atom stereocenters. The molecule has 0 saturated heterocycles. The Bertz CT molecular complexity index is 346. The van der Waals surface area contributed by atoms with Crippen molar-refractivity contribution in [2.24, 2.45) is 11.8 Å². The summed E-state index contributed by atoms with van der Waals surface area (Å²) in [6.45, 7) is 7.34. The molecule has 0 heterocycles. The van der Waals surface area contributed by atoms with Crippen molar-refractivity contribution in [2.75, 3.05) is 40.3 Å². The number of rotatable bonds is 8. The number of nitrogens with one attached hydrogen (secondary N) is 1. The van der Waals surface area contributed by atoms with Gasteiger partial charge in [-0.2, -0.15) is 0 Å². The molecule has 0 aromatic heterocycles. The number of hydrogen-bond acceptors (Lipinski definition) is 3. The van der Waals surface area contributed by atoms with E-state index in [-0.39, 0.29) is 23.7 Å². The highest BCUT2D eigenvalue weighted by Gasteiger charge is 2.31. The van der Waals surface area contributed by atoms with Crippen molar-refractivity contribution in [1.82, 2.24) is 15.1 Å². The van der Waals surface area contributed by atoms with Gasteiger partial charge in [0.25, 0.3) is 0 Å². The monoisotopic (exact) mass is 311 g/mol. The lowest BCUT2D eigenvalue weighted by atomic mass is 9.81. The Hall–Kier alpha value is -1.10. The first-order valence-electron chi connectivity index (χ1n) is 8.70. The fraction of sp³-hybridized carbons (Fsp3) is 0.882. The van der Waals surface area contributed by atoms with Crippen LogP contribution in [0.15, 0.2) is 0 Å². The molecule has 22 heavy (non-hydrogen) atoms. The molecule has 0 radical (unpaired) electrons. The standard InChI is InChI=1S/C17H33N3O2/c1-5-20(6-2)17(22)15-10-8-14(9-11-15)16(21)18-12-7-13-19(3)4/h14-15H,5-13H2,1-4H3,(H,18,21). The highest BCUT2D eigenvalue weighted by atomic mass is 16.2. The third-order valence-electron chi connectivity index (χ3n) is 4.60. The molecular weight excluding hydrogens is 278 g/mol. The number of hydrogen-bond donors (Lipinski definition) is 1. The van der Waals surface area contributed by atoms with Crippen molar-refractivity contribution in [3.63, 3.8) is 0 Å². The third kappa shape index (κ3) is 5.95. The van der Waals surface area contributed by atoms with E-state index in [9.17, 15) is 9.59 Å². The first kappa shape index (κ1) is 18.9. The molecular formula is C17H33N3O2. The fourth-order valence-electron chi connectivity index (χ4n) is 3.15. The van der Waals surface area contributed by atoms with Crippen molar-refractivity contribution < 1.29 is 9.59 Å². The Morgan fingerprint density at radius 3 is 2.05 bits per heavy atom. The van der Waals surface area contributed by atoms with Gasteiger partial charge < -0.3 is 15.1 Å². The zero-order chi connectivity index (χ0) is 16.5. The SMILES string of the molecule is CCN(CC)C(=O)C1CCC(C(=O)NCCCN(C)C)CC1. The number of amides is 2. The van der Waals surface area contributed by atoms with Crippen molar-refractivity contribution >= 4 is 11.8 Å². The Morgan fingerprint density at radius 2 is 1.55 bits per heavy atom. The summed E-state index contributed by atoms with van der Waals surface area (Å²) < 4.78 is 0. The minimum Gasteiger partial charge on any atom is -0.356 e. The zero-order valence-corrected chi connectivity index (χ0v) is 14.7. The summed E-state index contributed by atoms with van der Waals surface area (Å²) in [4.78, 5) is 28.5. The van der Waals surface area contributed by atoms with E-state index in [0.717, 1.165) is 58.3 Å². The van der Waals surface area contributed by atoms with Gasteiger partial charge in [-0.15, -0.1) is 0 Å². The van der Waals surface area contributed by atoms with Crippen LogP contribution in [0.3, 0.4) is 0 Å². The summed E-state index contributed by atoms with van der Waals surface area (Å²) in [7, 11) is 4.08. The van der Waals surface area contributed by atoms with E-state index in [1.807, 2.05) is 32.8 Å². The van der Waals surface area contributed by atoms with Crippen LogP contribution in [0.5, 0.6) is 0 Å². The molecule has 1 aliphatic carbocycles. The molecule has 5 nitrogen and oxygen atoms in total. The van der Waals surface area contributed by atoms with E-state index in [1.54, 1.807) is 0 Å². The van der Waals surface area contributed by atoms with Crippen LogP contribution in [0.1, 0.15) is 46.0 Å². The predicted molar refractivity (Wildman–Crippen MR) is 89.6 cm³/mol. The summed E-state index contributed by atoms with van der Waals surface area (Å²) in [5.74, 6) is 0.667. The van der Waals surface area contributed by atoms with Gasteiger partial charge in [0.05, 0.1) is 0 Å². The van der Waals surface area contributed by atoms with Gasteiger partial charge in [-0.3, -0.25) is 9.59 Å². The second-order valence-corrected chi connectivity index (χ2v) is 6.51. The van der Waals surface area contributed by atoms with Crippen molar-refractivity contribution in [3.8, 4) is 0 Å². The lowest BCUT2D eigenvalue weighted by Gasteiger charge is -2.30. The number of carbonyl (C=O) groups is 2. The van der Waals surface area contributed by atoms with Crippen molar-refractivity contribution in [1.29, 1.82) is 0 Å². The van der Waals surface area contributed by atoms with Gasteiger partial charge in [-0.25, -0.2) is 0 Å². The maximum Gasteiger partial charge on any atom is 0.225 e. The quantitative estimate of drug-likeness (QED) is 0.695. The topological polar surface area (TPSA) is 52.7 Å². The van der Waals surface area contributed by atoms with Crippen LogP contribution in [0.25, 0.3) is 0 Å². The van der Waals surface area contributed by atoms with E-state index < -0.39 is 0 Å². The molecule has 5 heteroatoms. The van der Waals surface area contributed by atoms with Gasteiger partial charge in [-0.1, -0.05) is 0 Å². The molecule has 128 valence electrons. The van der Waals surface area contributed by atoms with E-state index in [1.165, 1.54) is 0 Å². The summed E-state index contributed by atoms with van der Waals surface area (Å²) in [5, 5.41) is 3.04. The molecule has 0 bridgehead atoms. The van der Waals surface area contributed by atoms with Crippen LogP contribution in [0.2, 0.25) is 0 Å². The van der Waals surface area contributed by atoms with E-state index in [2.05, 4.69) is 10.2 Å². The van der Waals surface area contributed by atoms with E-state index in [0.29, 0.717) is 0 Å². The maximum atomic E-state index is 12.3. The largest absolute Gasteiger partial charge is 0.356 e. The van der Waals surface area contributed by atoms with Crippen LogP contribution in [-0.4, -0.2) is 61.9 Å². The Labute approximate surface area is 135 Å². The van der Waals surface area contributed by atoms with Gasteiger partial charge in [-0.05, 0) is 66.6 Å². The Balaban J connectivity index is 2.29. The second kappa shape index (κ2) is 9.82. The third-order valence-corrected chi connectivity index (χ3v) is 4.60. The maximum absolute atomic E-state index is 12.3. The fourth-order valence-corrected chi connectivity index (χ4v) is 3.15. The van der Waals surface area contributed by atoms with Gasteiger partial charge in [0, 0.05) is 31.5 Å². The average Bonchev–Trinajstić information content (AvgIpc) is 2.52. The molecule has 1 N–H and O–H groups in total. The zero-order valence-electron chi connectivity index (χ0n) is 14.7. The first-order chi connectivity index (χ1) is 10.5. The molecule has 0 aliphatic heterocycles. The minimum absolute atomic E-state index is 0.0973. The highest BCUT2D eigenvalue weighted by molar-refractivity contribution is 5.81. The van der Waals surface area contributed by atoms with Crippen LogP contribution in [0, 0.1) is 11.8 Å². The predicted octanol–water partition coefficient (Wildman–Crippen LogP) is 1.73. The normalized spacial score (nSPS) is 21.7. The minimum atomic E-state index is 0.0973. The number of carbonyl (C=O) groups excluding carboxylic acids is 2. The van der Waals surface area contributed by atoms with Crippen LogP contribution >= 0.6 is 0 Å². The molecule has 1 aliphatic rings. The smallest absolute Gasteiger partial charge is 0.225 e. The summed E-state index contributed by atoms with van der Waals surface area (Å²) in [6, 6.07) is 0. The summed E-state index contributed by atoms with van der Waals surface area (Å²) in [6.07, 6.45) is 4.37.